The van der Waals surface area contributed by atoms with Gasteiger partial charge in [-0.05, 0) is 56.0 Å². The lowest BCUT2D eigenvalue weighted by Gasteiger charge is -2.14. The second-order valence-electron chi connectivity index (χ2n) is 6.21. The molecule has 5 heteroatoms. The van der Waals surface area contributed by atoms with Crippen LogP contribution in [-0.4, -0.2) is 21.9 Å². The average molecular weight is 310 g/mol. The highest BCUT2D eigenvalue weighted by atomic mass is 16.1. The zero-order chi connectivity index (χ0) is 16.2. The second-order valence-corrected chi connectivity index (χ2v) is 6.21. The average Bonchev–Trinajstić information content (AvgIpc) is 2.93. The third kappa shape index (κ3) is 3.93. The summed E-state index contributed by atoms with van der Waals surface area (Å²) in [5.74, 6) is 1.04. The first-order chi connectivity index (χ1) is 11.1. The molecule has 1 aliphatic carbocycles. The lowest BCUT2D eigenvalue weighted by atomic mass is 10.00. The standard InChI is InChI=1S/C18H22N4O/c1-12-9-10-20-18(21-12)13-5-7-15(8-6-13)22-17(23)11-14-3-2-4-16(14)19/h5-10,14,16H,2-4,11,19H2,1H3,(H,22,23)/t14-,16+/m0/s1. The molecule has 0 spiro atoms. The quantitative estimate of drug-likeness (QED) is 0.910. The summed E-state index contributed by atoms with van der Waals surface area (Å²) in [6, 6.07) is 9.64. The van der Waals surface area contributed by atoms with Gasteiger partial charge in [-0.2, -0.15) is 0 Å². The summed E-state index contributed by atoms with van der Waals surface area (Å²) in [5, 5.41) is 2.94. The number of amides is 1. The highest BCUT2D eigenvalue weighted by Crippen LogP contribution is 2.27. The first kappa shape index (κ1) is 15.6. The zero-order valence-corrected chi connectivity index (χ0v) is 13.3. The third-order valence-corrected chi connectivity index (χ3v) is 4.39. The Bertz CT molecular complexity index is 684. The summed E-state index contributed by atoms with van der Waals surface area (Å²) in [7, 11) is 0. The van der Waals surface area contributed by atoms with E-state index in [0.717, 1.165) is 36.2 Å². The number of hydrogen-bond donors (Lipinski definition) is 2. The van der Waals surface area contributed by atoms with Crippen LogP contribution in [0.5, 0.6) is 0 Å². The lowest BCUT2D eigenvalue weighted by Crippen LogP contribution is -2.28. The minimum absolute atomic E-state index is 0.0342. The van der Waals surface area contributed by atoms with Crippen LogP contribution < -0.4 is 11.1 Å². The predicted molar refractivity (Wildman–Crippen MR) is 90.8 cm³/mol. The minimum atomic E-state index is 0.0342. The number of carbonyl (C=O) groups excluding carboxylic acids is 1. The molecule has 0 aliphatic heterocycles. The normalized spacial score (nSPS) is 20.4. The van der Waals surface area contributed by atoms with E-state index in [4.69, 9.17) is 5.73 Å². The number of benzene rings is 1. The van der Waals surface area contributed by atoms with Crippen LogP contribution in [0.25, 0.3) is 11.4 Å². The molecule has 2 aromatic rings. The van der Waals surface area contributed by atoms with Gasteiger partial charge in [0.15, 0.2) is 5.82 Å². The van der Waals surface area contributed by atoms with Gasteiger partial charge in [-0.15, -0.1) is 0 Å². The number of carbonyl (C=O) groups is 1. The molecule has 1 aliphatic rings. The molecule has 1 aromatic carbocycles. The fraction of sp³-hybridized carbons (Fsp3) is 0.389. The smallest absolute Gasteiger partial charge is 0.224 e. The van der Waals surface area contributed by atoms with Gasteiger partial charge in [-0.1, -0.05) is 6.42 Å². The fourth-order valence-electron chi connectivity index (χ4n) is 3.06. The minimum Gasteiger partial charge on any atom is -0.327 e. The molecule has 120 valence electrons. The Labute approximate surface area is 136 Å². The van der Waals surface area contributed by atoms with Gasteiger partial charge in [-0.25, -0.2) is 9.97 Å². The van der Waals surface area contributed by atoms with E-state index in [1.54, 1.807) is 6.20 Å². The zero-order valence-electron chi connectivity index (χ0n) is 13.3. The topological polar surface area (TPSA) is 80.9 Å². The number of anilines is 1. The molecule has 3 N–H and O–H groups in total. The molecule has 23 heavy (non-hydrogen) atoms. The maximum absolute atomic E-state index is 12.1. The molecule has 1 aromatic heterocycles. The Balaban J connectivity index is 1.62. The van der Waals surface area contributed by atoms with E-state index in [2.05, 4.69) is 15.3 Å². The van der Waals surface area contributed by atoms with Crippen molar-refractivity contribution >= 4 is 11.6 Å². The molecule has 1 saturated carbocycles. The molecular weight excluding hydrogens is 288 g/mol. The molecule has 1 fully saturated rings. The van der Waals surface area contributed by atoms with Crippen LogP contribution in [0.3, 0.4) is 0 Å². The van der Waals surface area contributed by atoms with Crippen LogP contribution in [0.15, 0.2) is 36.5 Å². The van der Waals surface area contributed by atoms with E-state index >= 15 is 0 Å². The van der Waals surface area contributed by atoms with Crippen LogP contribution in [0, 0.1) is 12.8 Å². The maximum Gasteiger partial charge on any atom is 0.224 e. The third-order valence-electron chi connectivity index (χ3n) is 4.39. The Morgan fingerprint density at radius 3 is 2.70 bits per heavy atom. The van der Waals surface area contributed by atoms with E-state index < -0.39 is 0 Å². The number of rotatable bonds is 4. The summed E-state index contributed by atoms with van der Waals surface area (Å²) in [4.78, 5) is 20.8. The van der Waals surface area contributed by atoms with Crippen molar-refractivity contribution in [1.29, 1.82) is 0 Å². The van der Waals surface area contributed by atoms with E-state index in [1.165, 1.54) is 0 Å². The first-order valence-corrected chi connectivity index (χ1v) is 8.07. The van der Waals surface area contributed by atoms with Crippen molar-refractivity contribution in [1.82, 2.24) is 9.97 Å². The number of aryl methyl sites for hydroxylation is 1. The van der Waals surface area contributed by atoms with Crippen molar-refractivity contribution in [3.63, 3.8) is 0 Å². The molecule has 0 saturated heterocycles. The van der Waals surface area contributed by atoms with Gasteiger partial charge in [0, 0.05) is 35.6 Å². The van der Waals surface area contributed by atoms with Crippen molar-refractivity contribution in [3.8, 4) is 11.4 Å². The molecular formula is C18H22N4O. The Morgan fingerprint density at radius 2 is 2.04 bits per heavy atom. The summed E-state index contributed by atoms with van der Waals surface area (Å²) in [6.45, 7) is 1.94. The van der Waals surface area contributed by atoms with Gasteiger partial charge in [-0.3, -0.25) is 4.79 Å². The van der Waals surface area contributed by atoms with E-state index in [-0.39, 0.29) is 11.9 Å². The van der Waals surface area contributed by atoms with Crippen molar-refractivity contribution in [2.75, 3.05) is 5.32 Å². The molecule has 0 unspecified atom stereocenters. The SMILES string of the molecule is Cc1ccnc(-c2ccc(NC(=O)C[C@@H]3CCC[C@H]3N)cc2)n1. The molecule has 5 nitrogen and oxygen atoms in total. The summed E-state index contributed by atoms with van der Waals surface area (Å²) in [5.41, 5.74) is 8.68. The van der Waals surface area contributed by atoms with Crippen molar-refractivity contribution < 1.29 is 4.79 Å². The van der Waals surface area contributed by atoms with Gasteiger partial charge in [0.25, 0.3) is 0 Å². The van der Waals surface area contributed by atoms with Crippen molar-refractivity contribution in [2.24, 2.45) is 11.7 Å². The molecule has 0 bridgehead atoms. The Kier molecular flexibility index (Phi) is 4.67. The number of aromatic nitrogens is 2. The van der Waals surface area contributed by atoms with Crippen LogP contribution in [0.2, 0.25) is 0 Å². The number of nitrogens with two attached hydrogens (primary N) is 1. The number of hydrogen-bond acceptors (Lipinski definition) is 4. The van der Waals surface area contributed by atoms with Gasteiger partial charge in [0.05, 0.1) is 0 Å². The Morgan fingerprint density at radius 1 is 1.26 bits per heavy atom. The molecule has 2 atom stereocenters. The maximum atomic E-state index is 12.1. The Hall–Kier alpha value is -2.27. The van der Waals surface area contributed by atoms with Crippen molar-refractivity contribution in [3.05, 3.63) is 42.2 Å². The van der Waals surface area contributed by atoms with Crippen molar-refractivity contribution in [2.45, 2.75) is 38.6 Å². The number of nitrogens with one attached hydrogen (secondary N) is 1. The highest BCUT2D eigenvalue weighted by Gasteiger charge is 2.25. The first-order valence-electron chi connectivity index (χ1n) is 8.07. The number of nitrogens with zero attached hydrogens (tertiary/aromatic N) is 2. The van der Waals surface area contributed by atoms with E-state index in [9.17, 15) is 4.79 Å². The van der Waals surface area contributed by atoms with Crippen LogP contribution >= 0.6 is 0 Å². The van der Waals surface area contributed by atoms with E-state index in [1.807, 2.05) is 37.3 Å². The van der Waals surface area contributed by atoms with Gasteiger partial charge in [0.2, 0.25) is 5.91 Å². The highest BCUT2D eigenvalue weighted by molar-refractivity contribution is 5.91. The fourth-order valence-corrected chi connectivity index (χ4v) is 3.06. The summed E-state index contributed by atoms with van der Waals surface area (Å²) >= 11 is 0. The largest absolute Gasteiger partial charge is 0.327 e. The molecule has 1 heterocycles. The molecule has 0 radical (unpaired) electrons. The predicted octanol–water partition coefficient (Wildman–Crippen LogP) is 2.91. The summed E-state index contributed by atoms with van der Waals surface area (Å²) in [6.07, 6.45) is 5.47. The second kappa shape index (κ2) is 6.87. The van der Waals surface area contributed by atoms with Gasteiger partial charge < -0.3 is 11.1 Å². The van der Waals surface area contributed by atoms with Gasteiger partial charge in [0.1, 0.15) is 0 Å². The van der Waals surface area contributed by atoms with Crippen LogP contribution in [0.1, 0.15) is 31.4 Å². The molecule has 1 amide bonds. The lowest BCUT2D eigenvalue weighted by molar-refractivity contribution is -0.117. The van der Waals surface area contributed by atoms with E-state index in [0.29, 0.717) is 18.2 Å². The molecule has 3 rings (SSSR count). The monoisotopic (exact) mass is 310 g/mol. The summed E-state index contributed by atoms with van der Waals surface area (Å²) < 4.78 is 0. The van der Waals surface area contributed by atoms with Crippen LogP contribution in [-0.2, 0) is 4.79 Å². The van der Waals surface area contributed by atoms with Crippen LogP contribution in [0.4, 0.5) is 5.69 Å². The van der Waals surface area contributed by atoms with Gasteiger partial charge >= 0.3 is 0 Å².